The van der Waals surface area contributed by atoms with E-state index in [1.165, 1.54) is 22.4 Å². The van der Waals surface area contributed by atoms with Crippen LogP contribution in [0.5, 0.6) is 0 Å². The highest BCUT2D eigenvalue weighted by Gasteiger charge is 2.42. The molecule has 0 amide bonds. The SMILES string of the molecule is C[C@H]1N(C)c2ccccc2N1B1c2ccccc2C=CN1C. The van der Waals surface area contributed by atoms with Crippen molar-refractivity contribution in [2.24, 2.45) is 0 Å². The summed E-state index contributed by atoms with van der Waals surface area (Å²) in [5.74, 6) is 0. The van der Waals surface area contributed by atoms with E-state index in [0.29, 0.717) is 6.17 Å². The Morgan fingerprint density at radius 1 is 0.909 bits per heavy atom. The lowest BCUT2D eigenvalue weighted by molar-refractivity contribution is 0.670. The van der Waals surface area contributed by atoms with Crippen LogP contribution in [0.3, 0.4) is 0 Å². The van der Waals surface area contributed by atoms with Gasteiger partial charge in [0.2, 0.25) is 0 Å². The summed E-state index contributed by atoms with van der Waals surface area (Å²) >= 11 is 0. The van der Waals surface area contributed by atoms with E-state index in [0.717, 1.165) is 0 Å². The number of nitrogens with zero attached hydrogens (tertiary/aromatic N) is 3. The maximum absolute atomic E-state index is 2.51. The molecule has 0 bridgehead atoms. The number of para-hydroxylation sites is 2. The van der Waals surface area contributed by atoms with Crippen LogP contribution in [0.25, 0.3) is 6.08 Å². The highest BCUT2D eigenvalue weighted by molar-refractivity contribution is 6.76. The monoisotopic (exact) mass is 289 g/mol. The average molecular weight is 289 g/mol. The summed E-state index contributed by atoms with van der Waals surface area (Å²) in [6, 6.07) is 17.4. The molecule has 2 aliphatic rings. The lowest BCUT2D eigenvalue weighted by Gasteiger charge is -2.39. The number of anilines is 2. The molecule has 0 N–H and O–H groups in total. The number of benzene rings is 2. The predicted molar refractivity (Wildman–Crippen MR) is 95.4 cm³/mol. The van der Waals surface area contributed by atoms with Crippen molar-refractivity contribution in [2.45, 2.75) is 13.1 Å². The zero-order valence-electron chi connectivity index (χ0n) is 13.3. The van der Waals surface area contributed by atoms with Gasteiger partial charge in [0.05, 0.1) is 17.5 Å². The number of hydrogen-bond acceptors (Lipinski definition) is 3. The normalized spacial score (nSPS) is 19.5. The summed E-state index contributed by atoms with van der Waals surface area (Å²) in [5.41, 5.74) is 5.28. The lowest BCUT2D eigenvalue weighted by atomic mass is 9.60. The van der Waals surface area contributed by atoms with E-state index in [2.05, 4.69) is 96.3 Å². The van der Waals surface area contributed by atoms with E-state index in [1.54, 1.807) is 0 Å². The van der Waals surface area contributed by atoms with E-state index in [1.807, 2.05) is 0 Å². The first-order valence-corrected chi connectivity index (χ1v) is 7.78. The van der Waals surface area contributed by atoms with Crippen molar-refractivity contribution in [3.63, 3.8) is 0 Å². The molecule has 1 atom stereocenters. The lowest BCUT2D eigenvalue weighted by Crippen LogP contribution is -2.62. The molecule has 110 valence electrons. The highest BCUT2D eigenvalue weighted by atomic mass is 15.4. The molecule has 2 aliphatic heterocycles. The van der Waals surface area contributed by atoms with Crippen molar-refractivity contribution in [1.82, 2.24) is 4.81 Å². The van der Waals surface area contributed by atoms with E-state index < -0.39 is 0 Å². The Labute approximate surface area is 132 Å². The first-order valence-electron chi connectivity index (χ1n) is 7.78. The fraction of sp³-hybridized carbons (Fsp3) is 0.222. The largest absolute Gasteiger partial charge is 0.412 e. The third-order valence-corrected chi connectivity index (χ3v) is 4.92. The average Bonchev–Trinajstić information content (AvgIpc) is 2.80. The Morgan fingerprint density at radius 3 is 2.41 bits per heavy atom. The van der Waals surface area contributed by atoms with Crippen molar-refractivity contribution in [2.75, 3.05) is 23.8 Å². The highest BCUT2D eigenvalue weighted by Crippen LogP contribution is 2.39. The van der Waals surface area contributed by atoms with Crippen LogP contribution in [0.4, 0.5) is 11.4 Å². The molecule has 2 heterocycles. The third kappa shape index (κ3) is 1.76. The predicted octanol–water partition coefficient (Wildman–Crippen LogP) is 2.60. The quantitative estimate of drug-likeness (QED) is 0.747. The van der Waals surface area contributed by atoms with Gasteiger partial charge < -0.3 is 14.5 Å². The van der Waals surface area contributed by atoms with Crippen molar-refractivity contribution in [3.05, 3.63) is 60.3 Å². The molecule has 4 rings (SSSR count). The zero-order chi connectivity index (χ0) is 15.3. The van der Waals surface area contributed by atoms with Crippen LogP contribution in [0.15, 0.2) is 54.7 Å². The Kier molecular flexibility index (Phi) is 2.93. The smallest absolute Gasteiger partial charge is 0.401 e. The minimum absolute atomic E-state index is 0.224. The van der Waals surface area contributed by atoms with Crippen LogP contribution in [-0.4, -0.2) is 32.1 Å². The summed E-state index contributed by atoms with van der Waals surface area (Å²) in [6.07, 6.45) is 4.70. The maximum Gasteiger partial charge on any atom is 0.412 e. The summed E-state index contributed by atoms with van der Waals surface area (Å²) < 4.78 is 0. The molecule has 0 unspecified atom stereocenters. The molecule has 0 aliphatic carbocycles. The van der Waals surface area contributed by atoms with Crippen LogP contribution < -0.4 is 15.2 Å². The van der Waals surface area contributed by atoms with Gasteiger partial charge in [-0.2, -0.15) is 0 Å². The molecule has 0 saturated heterocycles. The molecule has 2 aromatic rings. The van der Waals surface area contributed by atoms with Crippen LogP contribution in [0.2, 0.25) is 0 Å². The van der Waals surface area contributed by atoms with Gasteiger partial charge in [-0.25, -0.2) is 0 Å². The maximum atomic E-state index is 2.51. The van der Waals surface area contributed by atoms with Crippen LogP contribution >= 0.6 is 0 Å². The van der Waals surface area contributed by atoms with Crippen LogP contribution in [0, 0.1) is 0 Å². The minimum atomic E-state index is 0.224. The summed E-state index contributed by atoms with van der Waals surface area (Å²) in [6.45, 7) is 2.50. The van der Waals surface area contributed by atoms with Gasteiger partial charge in [0.15, 0.2) is 0 Å². The molecular formula is C18H20BN3. The standard InChI is InChI=1S/C18H20BN3/c1-14-21(3)17-10-6-7-11-18(17)22(14)19-16-9-5-4-8-15(16)12-13-20(19)2/h4-14H,1-3H3/t14-/m0/s1. The molecule has 22 heavy (non-hydrogen) atoms. The second kappa shape index (κ2) is 4.84. The van der Waals surface area contributed by atoms with E-state index in [-0.39, 0.29) is 6.98 Å². The van der Waals surface area contributed by atoms with Crippen molar-refractivity contribution >= 4 is 29.9 Å². The molecule has 2 aromatic carbocycles. The van der Waals surface area contributed by atoms with E-state index in [4.69, 9.17) is 0 Å². The fourth-order valence-electron chi connectivity index (χ4n) is 3.65. The third-order valence-electron chi connectivity index (χ3n) is 4.92. The molecule has 4 heteroatoms. The summed E-state index contributed by atoms with van der Waals surface area (Å²) in [4.78, 5) is 7.16. The Bertz CT molecular complexity index is 743. The number of fused-ring (bicyclic) bond motifs is 2. The first kappa shape index (κ1) is 13.3. The Morgan fingerprint density at radius 2 is 1.59 bits per heavy atom. The summed E-state index contributed by atoms with van der Waals surface area (Å²) in [5, 5.41) is 0. The summed E-state index contributed by atoms with van der Waals surface area (Å²) in [7, 11) is 4.33. The molecule has 0 aromatic heterocycles. The number of rotatable bonds is 1. The van der Waals surface area contributed by atoms with Gasteiger partial charge in [-0.15, -0.1) is 0 Å². The van der Waals surface area contributed by atoms with Crippen LogP contribution in [0.1, 0.15) is 12.5 Å². The second-order valence-corrected chi connectivity index (χ2v) is 6.12. The topological polar surface area (TPSA) is 9.72 Å². The van der Waals surface area contributed by atoms with Crippen molar-refractivity contribution in [1.29, 1.82) is 0 Å². The molecule has 0 saturated carbocycles. The molecular weight excluding hydrogens is 269 g/mol. The molecule has 0 spiro atoms. The van der Waals surface area contributed by atoms with Gasteiger partial charge in [-0.3, -0.25) is 0 Å². The molecule has 0 fully saturated rings. The second-order valence-electron chi connectivity index (χ2n) is 6.12. The van der Waals surface area contributed by atoms with E-state index in [9.17, 15) is 0 Å². The Balaban J connectivity index is 1.87. The van der Waals surface area contributed by atoms with Crippen molar-refractivity contribution in [3.8, 4) is 0 Å². The van der Waals surface area contributed by atoms with Gasteiger partial charge >= 0.3 is 6.98 Å². The van der Waals surface area contributed by atoms with Gasteiger partial charge in [-0.05, 0) is 49.4 Å². The number of hydrogen-bond donors (Lipinski definition) is 0. The fourth-order valence-corrected chi connectivity index (χ4v) is 3.65. The zero-order valence-corrected chi connectivity index (χ0v) is 13.3. The van der Waals surface area contributed by atoms with Crippen LogP contribution in [-0.2, 0) is 0 Å². The minimum Gasteiger partial charge on any atom is -0.401 e. The Hall–Kier alpha value is -2.36. The van der Waals surface area contributed by atoms with Gasteiger partial charge in [0.25, 0.3) is 0 Å². The van der Waals surface area contributed by atoms with Gasteiger partial charge in [0.1, 0.15) is 0 Å². The van der Waals surface area contributed by atoms with Crippen molar-refractivity contribution < 1.29 is 0 Å². The van der Waals surface area contributed by atoms with Gasteiger partial charge in [-0.1, -0.05) is 36.4 Å². The molecule has 0 radical (unpaired) electrons. The van der Waals surface area contributed by atoms with Gasteiger partial charge in [0, 0.05) is 7.05 Å². The first-order chi connectivity index (χ1) is 10.7. The van der Waals surface area contributed by atoms with E-state index >= 15 is 0 Å². The molecule has 3 nitrogen and oxygen atoms in total.